The first-order valence-corrected chi connectivity index (χ1v) is 11.4. The second-order valence-corrected chi connectivity index (χ2v) is 8.50. The van der Waals surface area contributed by atoms with Crippen LogP contribution < -0.4 is 5.69 Å². The fraction of sp³-hybridized carbons (Fsp3) is 0.0870. The van der Waals surface area contributed by atoms with E-state index in [4.69, 9.17) is 0 Å². The van der Waals surface area contributed by atoms with Gasteiger partial charge in [0.2, 0.25) is 0 Å². The third kappa shape index (κ3) is 4.25. The molecule has 0 aliphatic heterocycles. The van der Waals surface area contributed by atoms with E-state index in [0.717, 1.165) is 11.7 Å². The molecule has 184 valence electrons. The largest absolute Gasteiger partial charge is 0.330 e. The van der Waals surface area contributed by atoms with Crippen LogP contribution in [0.15, 0.2) is 65.5 Å². The highest BCUT2D eigenvalue weighted by molar-refractivity contribution is 7.00. The van der Waals surface area contributed by atoms with Crippen molar-refractivity contribution in [3.8, 4) is 0 Å². The highest BCUT2D eigenvalue weighted by Gasteiger charge is 2.22. The molecule has 0 fully saturated rings. The van der Waals surface area contributed by atoms with Crippen LogP contribution in [0.2, 0.25) is 0 Å². The van der Waals surface area contributed by atoms with Crippen molar-refractivity contribution in [2.75, 3.05) is 0 Å². The fourth-order valence-corrected chi connectivity index (χ4v) is 4.50. The number of Topliss-reactive ketones (excluding diaryl/α,β-unsaturated/α-hetero) is 2. The number of rotatable bonds is 8. The van der Waals surface area contributed by atoms with Crippen LogP contribution in [-0.2, 0) is 13.1 Å². The zero-order valence-electron chi connectivity index (χ0n) is 18.6. The summed E-state index contributed by atoms with van der Waals surface area (Å²) < 4.78 is 10.8. The molecular formula is C23H14N6O7S. The van der Waals surface area contributed by atoms with Crippen molar-refractivity contribution in [3.63, 3.8) is 0 Å². The highest BCUT2D eigenvalue weighted by Crippen LogP contribution is 2.24. The minimum Gasteiger partial charge on any atom is -0.292 e. The van der Waals surface area contributed by atoms with Gasteiger partial charge in [-0.05, 0) is 36.4 Å². The van der Waals surface area contributed by atoms with Gasteiger partial charge >= 0.3 is 5.69 Å². The lowest BCUT2D eigenvalue weighted by molar-refractivity contribution is -0.385. The Bertz CT molecular complexity index is 1790. The molecule has 0 saturated heterocycles. The molecule has 0 amide bonds. The van der Waals surface area contributed by atoms with Crippen LogP contribution in [0.3, 0.4) is 0 Å². The van der Waals surface area contributed by atoms with Crippen LogP contribution in [0.25, 0.3) is 22.1 Å². The number of fused-ring (bicyclic) bond motifs is 3. The van der Waals surface area contributed by atoms with E-state index in [1.807, 2.05) is 0 Å². The molecule has 0 unspecified atom stereocenters. The number of non-ortho nitro benzene ring substituents is 2. The molecule has 3 aromatic carbocycles. The maximum atomic E-state index is 13.5. The monoisotopic (exact) mass is 518 g/mol. The Hall–Kier alpha value is -5.11. The van der Waals surface area contributed by atoms with Gasteiger partial charge in [-0.3, -0.25) is 39.0 Å². The number of nitro groups is 2. The van der Waals surface area contributed by atoms with Crippen molar-refractivity contribution in [1.82, 2.24) is 17.9 Å². The average molecular weight is 518 g/mol. The molecular weight excluding hydrogens is 504 g/mol. The van der Waals surface area contributed by atoms with E-state index in [0.29, 0.717) is 22.1 Å². The molecule has 0 saturated carbocycles. The Kier molecular flexibility index (Phi) is 5.85. The smallest absolute Gasteiger partial charge is 0.292 e. The van der Waals surface area contributed by atoms with E-state index >= 15 is 0 Å². The van der Waals surface area contributed by atoms with Gasteiger partial charge in [-0.2, -0.15) is 8.75 Å². The number of imidazole rings is 1. The van der Waals surface area contributed by atoms with Crippen LogP contribution in [0, 0.1) is 20.2 Å². The van der Waals surface area contributed by atoms with Gasteiger partial charge in [0, 0.05) is 35.4 Å². The maximum Gasteiger partial charge on any atom is 0.330 e. The zero-order chi connectivity index (χ0) is 26.3. The van der Waals surface area contributed by atoms with Gasteiger partial charge in [-0.1, -0.05) is 0 Å². The van der Waals surface area contributed by atoms with Gasteiger partial charge in [0.1, 0.15) is 11.0 Å². The second-order valence-electron chi connectivity index (χ2n) is 7.97. The molecule has 14 heteroatoms. The van der Waals surface area contributed by atoms with Gasteiger partial charge < -0.3 is 0 Å². The van der Waals surface area contributed by atoms with Gasteiger partial charge in [0.25, 0.3) is 11.4 Å². The van der Waals surface area contributed by atoms with E-state index < -0.39 is 33.6 Å². The summed E-state index contributed by atoms with van der Waals surface area (Å²) in [5.74, 6) is -0.938. The van der Waals surface area contributed by atoms with Crippen molar-refractivity contribution >= 4 is 56.7 Å². The summed E-state index contributed by atoms with van der Waals surface area (Å²) in [6.07, 6.45) is 0. The van der Waals surface area contributed by atoms with E-state index in [1.54, 1.807) is 12.1 Å². The summed E-state index contributed by atoms with van der Waals surface area (Å²) in [6, 6.07) is 13.3. The number of ketones is 2. The third-order valence-corrected chi connectivity index (χ3v) is 6.35. The molecule has 0 bridgehead atoms. The van der Waals surface area contributed by atoms with Crippen LogP contribution in [-0.4, -0.2) is 39.3 Å². The van der Waals surface area contributed by atoms with Crippen molar-refractivity contribution in [2.24, 2.45) is 0 Å². The normalized spacial score (nSPS) is 11.1. The molecule has 2 aromatic heterocycles. The predicted molar refractivity (Wildman–Crippen MR) is 132 cm³/mol. The molecule has 0 radical (unpaired) electrons. The minimum absolute atomic E-state index is 0.170. The van der Waals surface area contributed by atoms with E-state index in [9.17, 15) is 34.6 Å². The number of benzene rings is 3. The Morgan fingerprint density at radius 3 is 1.78 bits per heavy atom. The second kappa shape index (κ2) is 9.16. The zero-order valence-corrected chi connectivity index (χ0v) is 19.5. The molecule has 5 aromatic rings. The van der Waals surface area contributed by atoms with Crippen molar-refractivity contribution in [2.45, 2.75) is 13.1 Å². The number of hydrogen-bond acceptors (Lipinski definition) is 10. The van der Waals surface area contributed by atoms with E-state index in [1.165, 1.54) is 57.7 Å². The number of carbonyl (C=O) groups excluding carboxylic acids is 2. The number of nitro benzene ring substituents is 2. The first-order chi connectivity index (χ1) is 17.7. The summed E-state index contributed by atoms with van der Waals surface area (Å²) in [5, 5.41) is 21.8. The van der Waals surface area contributed by atoms with Gasteiger partial charge in [0.05, 0.1) is 45.7 Å². The summed E-state index contributed by atoms with van der Waals surface area (Å²) in [7, 11) is 0. The average Bonchev–Trinajstić information content (AvgIpc) is 3.47. The molecule has 0 N–H and O–H groups in total. The lowest BCUT2D eigenvalue weighted by Gasteiger charge is -2.04. The lowest BCUT2D eigenvalue weighted by atomic mass is 10.1. The molecule has 5 rings (SSSR count). The van der Waals surface area contributed by atoms with Crippen molar-refractivity contribution in [3.05, 3.63) is 103 Å². The standard InChI is InChI=1S/C23H14N6O7S/c30-19(13-1-5-15(6-2-13)28(33)34)11-26-18-10-9-17-21(25-37-24-17)22(18)27(23(26)32)12-20(31)14-3-7-16(8-4-14)29(35)36/h1-10H,11-12H2. The lowest BCUT2D eigenvalue weighted by Crippen LogP contribution is -2.29. The SMILES string of the molecule is O=C(Cn1c(=O)n(CC(=O)c2ccc([N+](=O)[O-])cc2)c2c3nsnc3ccc21)c1ccc([N+](=O)[O-])cc1. The quantitative estimate of drug-likeness (QED) is 0.169. The Labute approximate surface area is 209 Å². The van der Waals surface area contributed by atoms with Crippen LogP contribution in [0.4, 0.5) is 11.4 Å². The molecule has 13 nitrogen and oxygen atoms in total. The molecule has 0 aliphatic carbocycles. The summed E-state index contributed by atoms with van der Waals surface area (Å²) in [6.45, 7) is -0.780. The van der Waals surface area contributed by atoms with Gasteiger partial charge in [0.15, 0.2) is 11.6 Å². The van der Waals surface area contributed by atoms with Gasteiger partial charge in [-0.25, -0.2) is 4.79 Å². The van der Waals surface area contributed by atoms with E-state index in [2.05, 4.69) is 8.75 Å². The summed E-state index contributed by atoms with van der Waals surface area (Å²) in [5.41, 5.74) is 0.936. The van der Waals surface area contributed by atoms with Crippen LogP contribution >= 0.6 is 11.7 Å². The molecule has 37 heavy (non-hydrogen) atoms. The first-order valence-electron chi connectivity index (χ1n) is 10.6. The third-order valence-electron chi connectivity index (χ3n) is 5.81. The molecule has 0 aliphatic rings. The Morgan fingerprint density at radius 1 is 0.757 bits per heavy atom. The van der Waals surface area contributed by atoms with Crippen LogP contribution in [0.1, 0.15) is 20.7 Å². The van der Waals surface area contributed by atoms with Crippen molar-refractivity contribution < 1.29 is 19.4 Å². The van der Waals surface area contributed by atoms with Crippen LogP contribution in [0.5, 0.6) is 0 Å². The number of nitrogens with zero attached hydrogens (tertiary/aromatic N) is 6. The summed E-state index contributed by atoms with van der Waals surface area (Å²) >= 11 is 0.930. The molecule has 0 atom stereocenters. The Balaban J connectivity index is 1.55. The predicted octanol–water partition coefficient (Wildman–Crippen LogP) is 3.39. The molecule has 0 spiro atoms. The highest BCUT2D eigenvalue weighted by atomic mass is 32.1. The first kappa shape index (κ1) is 23.6. The summed E-state index contributed by atoms with van der Waals surface area (Å²) in [4.78, 5) is 60.1. The fourth-order valence-electron chi connectivity index (χ4n) is 3.96. The molecule has 2 heterocycles. The minimum atomic E-state index is -0.638. The maximum absolute atomic E-state index is 13.5. The number of aromatic nitrogens is 4. The number of carbonyl (C=O) groups is 2. The van der Waals surface area contributed by atoms with Crippen molar-refractivity contribution in [1.29, 1.82) is 0 Å². The topological polar surface area (TPSA) is 173 Å². The van der Waals surface area contributed by atoms with E-state index in [-0.39, 0.29) is 29.0 Å². The number of hydrogen-bond donors (Lipinski definition) is 0. The Morgan fingerprint density at radius 2 is 1.27 bits per heavy atom. The van der Waals surface area contributed by atoms with Gasteiger partial charge in [-0.15, -0.1) is 0 Å².